The molecule has 0 bridgehead atoms. The quantitative estimate of drug-likeness (QED) is 0.450. The summed E-state index contributed by atoms with van der Waals surface area (Å²) >= 11 is 0.744. The van der Waals surface area contributed by atoms with Gasteiger partial charge in [-0.1, -0.05) is 37.6 Å². The molecule has 2 aromatic carbocycles. The summed E-state index contributed by atoms with van der Waals surface area (Å²) in [6.45, 7) is 2.14. The lowest BCUT2D eigenvalue weighted by atomic mass is 10.1. The average Bonchev–Trinajstić information content (AvgIpc) is 2.52. The van der Waals surface area contributed by atoms with Gasteiger partial charge in [0.15, 0.2) is 0 Å². The van der Waals surface area contributed by atoms with Crippen LogP contribution in [0.15, 0.2) is 53.4 Å². The van der Waals surface area contributed by atoms with E-state index in [9.17, 15) is 9.18 Å². The molecule has 2 rings (SSSR count). The second-order valence-electron chi connectivity index (χ2n) is 4.69. The number of carbonyl (C=O) groups excluding carboxylic acids is 1. The minimum Gasteiger partial charge on any atom is -0.382 e. The lowest BCUT2D eigenvalue weighted by molar-refractivity contribution is 0.0768. The zero-order chi connectivity index (χ0) is 15.1. The Morgan fingerprint density at radius 3 is 2.08 bits per heavy atom. The van der Waals surface area contributed by atoms with E-state index in [0.717, 1.165) is 31.3 Å². The molecule has 0 saturated heterocycles. The van der Waals surface area contributed by atoms with Crippen LogP contribution in [-0.2, 0) is 10.6 Å². The van der Waals surface area contributed by atoms with E-state index < -0.39 is 11.8 Å². The molecular formula is C17H22F6O2S. The lowest BCUT2D eigenvalue weighted by Gasteiger charge is -2.05. The van der Waals surface area contributed by atoms with Crippen molar-refractivity contribution in [2.45, 2.75) is 31.1 Å². The Morgan fingerprint density at radius 1 is 0.962 bits per heavy atom. The van der Waals surface area contributed by atoms with Gasteiger partial charge >= 0.3 is 5.97 Å². The fourth-order valence-electron chi connectivity index (χ4n) is 1.83. The average molecular weight is 404 g/mol. The highest BCUT2D eigenvalue weighted by Gasteiger charge is 2.10. The summed E-state index contributed by atoms with van der Waals surface area (Å²) in [6.07, 6.45) is 3.28. The van der Waals surface area contributed by atoms with E-state index in [1.54, 1.807) is 30.3 Å². The first-order valence-corrected chi connectivity index (χ1v) is 7.67. The third kappa shape index (κ3) is 9.36. The SMILES string of the molecule is CCCCc1ccc(C(=O)OSc2ccccc2F)cc1.F.F.F.F.F. The summed E-state index contributed by atoms with van der Waals surface area (Å²) in [5.41, 5.74) is 1.68. The van der Waals surface area contributed by atoms with Crippen molar-refractivity contribution in [3.63, 3.8) is 0 Å². The molecule has 0 spiro atoms. The van der Waals surface area contributed by atoms with Crippen LogP contribution in [0, 0.1) is 5.82 Å². The zero-order valence-corrected chi connectivity index (χ0v) is 14.7. The number of carbonyl (C=O) groups is 1. The Labute approximate surface area is 152 Å². The van der Waals surface area contributed by atoms with Gasteiger partial charge in [0.2, 0.25) is 0 Å². The van der Waals surface area contributed by atoms with Gasteiger partial charge in [0.1, 0.15) is 5.82 Å². The Bertz CT molecular complexity index is 610. The van der Waals surface area contributed by atoms with Crippen molar-refractivity contribution in [3.8, 4) is 0 Å². The minimum atomic E-state index is -0.467. The van der Waals surface area contributed by atoms with Crippen LogP contribution in [0.2, 0.25) is 0 Å². The van der Waals surface area contributed by atoms with Crippen LogP contribution in [0.1, 0.15) is 35.7 Å². The summed E-state index contributed by atoms with van der Waals surface area (Å²) in [7, 11) is 0. The third-order valence-corrected chi connectivity index (χ3v) is 3.80. The molecule has 0 radical (unpaired) electrons. The Hall–Kier alpha value is -2.16. The van der Waals surface area contributed by atoms with Crippen molar-refractivity contribution in [1.29, 1.82) is 0 Å². The highest BCUT2D eigenvalue weighted by Crippen LogP contribution is 2.23. The number of hydrogen-bond acceptors (Lipinski definition) is 3. The van der Waals surface area contributed by atoms with Crippen molar-refractivity contribution in [3.05, 3.63) is 65.5 Å². The molecule has 0 aliphatic carbocycles. The van der Waals surface area contributed by atoms with E-state index in [1.165, 1.54) is 11.6 Å². The fraction of sp³-hybridized carbons (Fsp3) is 0.235. The van der Waals surface area contributed by atoms with Crippen molar-refractivity contribution in [2.75, 3.05) is 0 Å². The molecule has 0 amide bonds. The van der Waals surface area contributed by atoms with Crippen LogP contribution in [0.4, 0.5) is 27.9 Å². The van der Waals surface area contributed by atoms with E-state index in [0.29, 0.717) is 10.5 Å². The number of aryl methyl sites for hydroxylation is 1. The monoisotopic (exact) mass is 404 g/mol. The third-order valence-electron chi connectivity index (χ3n) is 3.05. The first-order valence-electron chi connectivity index (χ1n) is 6.93. The molecule has 9 heteroatoms. The number of halogens is 6. The molecule has 0 heterocycles. The fourth-order valence-corrected chi connectivity index (χ4v) is 2.38. The Morgan fingerprint density at radius 2 is 1.54 bits per heavy atom. The van der Waals surface area contributed by atoms with Gasteiger partial charge in [0, 0.05) is 0 Å². The highest BCUT2D eigenvalue weighted by atomic mass is 32.2. The maximum atomic E-state index is 13.4. The standard InChI is InChI=1S/C17H17FO2S.5FH/c1-2-3-6-13-9-11-14(12-10-13)17(19)20-21-16-8-5-4-7-15(16)18;;;;;/h4-5,7-12H,2-3,6H2,1H3;5*1H. The molecule has 0 aliphatic rings. The Balaban J connectivity index is -0.000000484. The van der Waals surface area contributed by atoms with Crippen molar-refractivity contribution < 1.29 is 36.9 Å². The van der Waals surface area contributed by atoms with Crippen LogP contribution in [0.25, 0.3) is 0 Å². The van der Waals surface area contributed by atoms with E-state index in [2.05, 4.69) is 6.92 Å². The van der Waals surface area contributed by atoms with Gasteiger partial charge in [-0.15, -0.1) is 0 Å². The van der Waals surface area contributed by atoms with Crippen molar-refractivity contribution >= 4 is 18.0 Å². The molecule has 0 N–H and O–H groups in total. The summed E-state index contributed by atoms with van der Waals surface area (Å²) in [4.78, 5) is 12.2. The highest BCUT2D eigenvalue weighted by molar-refractivity contribution is 7.95. The summed E-state index contributed by atoms with van der Waals surface area (Å²) in [6, 6.07) is 13.5. The van der Waals surface area contributed by atoms with Crippen LogP contribution >= 0.6 is 12.0 Å². The predicted molar refractivity (Wildman–Crippen MR) is 95.2 cm³/mol. The first-order chi connectivity index (χ1) is 10.2. The van der Waals surface area contributed by atoms with Crippen LogP contribution in [0.3, 0.4) is 0 Å². The number of unbranched alkanes of at least 4 members (excludes halogenated alkanes) is 1. The molecule has 0 saturated carbocycles. The van der Waals surface area contributed by atoms with Gasteiger partial charge in [0.25, 0.3) is 0 Å². The smallest absolute Gasteiger partial charge is 0.350 e. The summed E-state index contributed by atoms with van der Waals surface area (Å²) in [5, 5.41) is 0. The maximum Gasteiger partial charge on any atom is 0.350 e. The van der Waals surface area contributed by atoms with E-state index in [-0.39, 0.29) is 23.5 Å². The molecule has 2 aromatic rings. The molecule has 0 atom stereocenters. The number of benzene rings is 2. The van der Waals surface area contributed by atoms with E-state index in [1.807, 2.05) is 12.1 Å². The first kappa shape index (κ1) is 31.6. The van der Waals surface area contributed by atoms with Crippen molar-refractivity contribution in [2.24, 2.45) is 0 Å². The van der Waals surface area contributed by atoms with E-state index in [4.69, 9.17) is 4.18 Å². The Kier molecular flexibility index (Phi) is 19.8. The predicted octanol–water partition coefficient (Wildman–Crippen LogP) is 5.79. The molecule has 0 aromatic heterocycles. The second-order valence-corrected chi connectivity index (χ2v) is 5.46. The van der Waals surface area contributed by atoms with E-state index >= 15 is 0 Å². The normalized spacial score (nSPS) is 8.38. The van der Waals surface area contributed by atoms with Gasteiger partial charge in [0.05, 0.1) is 22.5 Å². The zero-order valence-electron chi connectivity index (χ0n) is 13.9. The summed E-state index contributed by atoms with van der Waals surface area (Å²) in [5.74, 6) is -0.865. The molecule has 0 fully saturated rings. The molecule has 26 heavy (non-hydrogen) atoms. The number of hydrogen-bond donors (Lipinski definition) is 0. The maximum absolute atomic E-state index is 13.4. The largest absolute Gasteiger partial charge is 0.382 e. The van der Waals surface area contributed by atoms with Crippen LogP contribution in [-0.4, -0.2) is 5.97 Å². The van der Waals surface area contributed by atoms with Gasteiger partial charge in [-0.05, 0) is 42.7 Å². The van der Waals surface area contributed by atoms with Gasteiger partial charge in [-0.2, -0.15) is 0 Å². The van der Waals surface area contributed by atoms with Gasteiger partial charge in [-0.3, -0.25) is 23.5 Å². The van der Waals surface area contributed by atoms with Gasteiger partial charge in [-0.25, -0.2) is 9.18 Å². The second kappa shape index (κ2) is 16.3. The topological polar surface area (TPSA) is 26.3 Å². The molecule has 150 valence electrons. The number of rotatable bonds is 6. The minimum absolute atomic E-state index is 0. The van der Waals surface area contributed by atoms with Crippen molar-refractivity contribution in [1.82, 2.24) is 0 Å². The molecule has 0 aliphatic heterocycles. The molecule has 2 nitrogen and oxygen atoms in total. The van der Waals surface area contributed by atoms with Crippen LogP contribution < -0.4 is 0 Å². The summed E-state index contributed by atoms with van der Waals surface area (Å²) < 4.78 is 18.5. The van der Waals surface area contributed by atoms with Gasteiger partial charge < -0.3 is 4.18 Å². The van der Waals surface area contributed by atoms with Crippen LogP contribution in [0.5, 0.6) is 0 Å². The molecular weight excluding hydrogens is 382 g/mol. The molecule has 0 unspecified atom stereocenters. The lowest BCUT2D eigenvalue weighted by Crippen LogP contribution is -2.00.